The third kappa shape index (κ3) is 7.12. The molecule has 5 rings (SSSR count). The Morgan fingerprint density at radius 3 is 2.58 bits per heavy atom. The van der Waals surface area contributed by atoms with Crippen LogP contribution in [-0.2, 0) is 19.1 Å². The number of nitrogens with one attached hydrogen (secondary N) is 3. The molecule has 238 valence electrons. The van der Waals surface area contributed by atoms with Gasteiger partial charge < -0.3 is 30.3 Å². The number of rotatable bonds is 9. The molecule has 3 aliphatic heterocycles. The minimum Gasteiger partial charge on any atom is -0.493 e. The number of hydrogen-bond donors (Lipinski definition) is 3. The zero-order chi connectivity index (χ0) is 30.7. The summed E-state index contributed by atoms with van der Waals surface area (Å²) < 4.78 is 39.9. The Hall–Kier alpha value is -2.83. The van der Waals surface area contributed by atoms with Crippen molar-refractivity contribution in [3.8, 4) is 5.75 Å². The lowest BCUT2D eigenvalue weighted by atomic mass is 9.81. The molecule has 1 aromatic carbocycles. The normalized spacial score (nSPS) is 28.6. The molecule has 1 aromatic rings. The summed E-state index contributed by atoms with van der Waals surface area (Å²) in [6, 6.07) is 4.92. The van der Waals surface area contributed by atoms with Gasteiger partial charge >= 0.3 is 0 Å². The van der Waals surface area contributed by atoms with Gasteiger partial charge in [-0.3, -0.25) is 19.3 Å². The number of likely N-dealkylation sites (N-methyl/N-ethyl adjacent to an activating group) is 1. The van der Waals surface area contributed by atoms with E-state index in [1.807, 2.05) is 31.2 Å². The Balaban J connectivity index is 1.41. The van der Waals surface area contributed by atoms with E-state index in [4.69, 9.17) is 9.47 Å². The van der Waals surface area contributed by atoms with E-state index in [0.717, 1.165) is 17.7 Å². The van der Waals surface area contributed by atoms with Crippen molar-refractivity contribution in [2.45, 2.75) is 94.6 Å². The van der Waals surface area contributed by atoms with E-state index < -0.39 is 30.0 Å². The van der Waals surface area contributed by atoms with Crippen molar-refractivity contribution >= 4 is 17.7 Å². The molecule has 3 amide bonds. The lowest BCUT2D eigenvalue weighted by Crippen LogP contribution is -2.66. The summed E-state index contributed by atoms with van der Waals surface area (Å²) in [5.41, 5.74) is 0.889. The molecule has 1 aliphatic carbocycles. The van der Waals surface area contributed by atoms with Crippen LogP contribution < -0.4 is 20.7 Å². The number of amides is 3. The quantitative estimate of drug-likeness (QED) is 0.396. The first-order chi connectivity index (χ1) is 20.6. The molecule has 43 heavy (non-hydrogen) atoms. The lowest BCUT2D eigenvalue weighted by molar-refractivity contribution is -0.150. The van der Waals surface area contributed by atoms with Crippen molar-refractivity contribution in [1.29, 1.82) is 0 Å². The number of ether oxygens (including phenoxy) is 2. The minimum absolute atomic E-state index is 0.00312. The van der Waals surface area contributed by atoms with Gasteiger partial charge in [-0.1, -0.05) is 18.2 Å². The fourth-order valence-electron chi connectivity index (χ4n) is 6.98. The zero-order valence-corrected chi connectivity index (χ0v) is 25.3. The second-order valence-electron chi connectivity index (χ2n) is 12.4. The molecule has 6 atom stereocenters. The van der Waals surface area contributed by atoms with Gasteiger partial charge in [0.2, 0.25) is 23.6 Å². The summed E-state index contributed by atoms with van der Waals surface area (Å²) in [6.45, 7) is 5.95. The highest BCUT2D eigenvalue weighted by Crippen LogP contribution is 2.39. The molecular formula is C31H45F2N5O5. The number of benzene rings is 1. The predicted molar refractivity (Wildman–Crippen MR) is 156 cm³/mol. The number of carbonyl (C=O) groups excluding carboxylic acids is 3. The number of piperazine rings is 1. The number of alkyl halides is 2. The van der Waals surface area contributed by atoms with Crippen LogP contribution in [0.5, 0.6) is 5.75 Å². The molecule has 3 heterocycles. The Bertz CT molecular complexity index is 1160. The molecule has 1 saturated carbocycles. The molecule has 0 radical (unpaired) electrons. The maximum absolute atomic E-state index is 14.5. The monoisotopic (exact) mass is 605 g/mol. The second kappa shape index (κ2) is 13.4. The van der Waals surface area contributed by atoms with Crippen molar-refractivity contribution in [1.82, 2.24) is 25.8 Å². The van der Waals surface area contributed by atoms with E-state index in [1.54, 1.807) is 18.9 Å². The van der Waals surface area contributed by atoms with E-state index in [0.29, 0.717) is 39.3 Å². The summed E-state index contributed by atoms with van der Waals surface area (Å²) in [6.07, 6.45) is 0.883. The van der Waals surface area contributed by atoms with E-state index >= 15 is 0 Å². The Morgan fingerprint density at radius 1 is 1.12 bits per heavy atom. The average molecular weight is 606 g/mol. The van der Waals surface area contributed by atoms with Crippen molar-refractivity contribution in [3.63, 3.8) is 0 Å². The summed E-state index contributed by atoms with van der Waals surface area (Å²) in [5, 5.41) is 8.94. The van der Waals surface area contributed by atoms with Crippen molar-refractivity contribution in [2.75, 3.05) is 39.9 Å². The number of para-hydroxylation sites is 1. The third-order valence-electron chi connectivity index (χ3n) is 9.57. The van der Waals surface area contributed by atoms with Crippen molar-refractivity contribution in [3.05, 3.63) is 29.8 Å². The first-order valence-corrected chi connectivity index (χ1v) is 15.6. The van der Waals surface area contributed by atoms with Crippen molar-refractivity contribution < 1.29 is 32.6 Å². The second-order valence-corrected chi connectivity index (χ2v) is 12.4. The molecule has 4 aliphatic rings. The molecule has 2 saturated heterocycles. The van der Waals surface area contributed by atoms with Gasteiger partial charge in [0, 0.05) is 57.1 Å². The van der Waals surface area contributed by atoms with Crippen LogP contribution in [-0.4, -0.2) is 104 Å². The maximum atomic E-state index is 14.5. The fourth-order valence-corrected chi connectivity index (χ4v) is 6.98. The Morgan fingerprint density at radius 2 is 1.86 bits per heavy atom. The summed E-state index contributed by atoms with van der Waals surface area (Å²) >= 11 is 0. The highest BCUT2D eigenvalue weighted by atomic mass is 19.3. The lowest BCUT2D eigenvalue weighted by Gasteiger charge is -2.45. The third-order valence-corrected chi connectivity index (χ3v) is 9.57. The molecule has 3 fully saturated rings. The van der Waals surface area contributed by atoms with Crippen LogP contribution in [0.3, 0.4) is 0 Å². The van der Waals surface area contributed by atoms with Gasteiger partial charge in [0.05, 0.1) is 24.8 Å². The van der Waals surface area contributed by atoms with Gasteiger partial charge in [-0.05, 0) is 52.1 Å². The smallest absolute Gasteiger partial charge is 0.248 e. The molecule has 0 aromatic heterocycles. The average Bonchev–Trinajstić information content (AvgIpc) is 3.40. The minimum atomic E-state index is -2.78. The predicted octanol–water partition coefficient (Wildman–Crippen LogP) is 2.23. The molecule has 3 N–H and O–H groups in total. The fraction of sp³-hybridized carbons (Fsp3) is 0.710. The number of halogens is 2. The number of hydrogen-bond acceptors (Lipinski definition) is 7. The van der Waals surface area contributed by atoms with Gasteiger partial charge in [0.25, 0.3) is 0 Å². The molecule has 10 nitrogen and oxygen atoms in total. The van der Waals surface area contributed by atoms with Gasteiger partial charge in [0.15, 0.2) is 0 Å². The van der Waals surface area contributed by atoms with E-state index in [-0.39, 0.29) is 61.6 Å². The first-order valence-electron chi connectivity index (χ1n) is 15.6. The van der Waals surface area contributed by atoms with Crippen LogP contribution in [0.4, 0.5) is 8.78 Å². The Kier molecular flexibility index (Phi) is 9.87. The molecule has 0 spiro atoms. The van der Waals surface area contributed by atoms with Crippen LogP contribution >= 0.6 is 0 Å². The van der Waals surface area contributed by atoms with Crippen molar-refractivity contribution in [2.24, 2.45) is 5.92 Å². The topological polar surface area (TPSA) is 112 Å². The van der Waals surface area contributed by atoms with Crippen LogP contribution in [0.15, 0.2) is 24.3 Å². The zero-order valence-electron chi connectivity index (χ0n) is 25.3. The standard InChI is InChI=1S/C31H45F2N5O5/c1-4-42-22-15-21-16-38(30(41)27(36-28(39)19(2)34-3)20-9-12-31(32,33)13-10-20)25(18-37(21)17-22)29(40)35-24-11-14-43-26-8-6-5-7-23(24)26/h5-8,19-22,24-25,27,34H,4,9-18H2,1-3H3,(H,35,40)(H,36,39)/t19-,21+,22-,24+,25-,27-/m0/s1. The largest absolute Gasteiger partial charge is 0.493 e. The van der Waals surface area contributed by atoms with Gasteiger partial charge in [-0.25, -0.2) is 8.78 Å². The van der Waals surface area contributed by atoms with Gasteiger partial charge in [0.1, 0.15) is 17.8 Å². The van der Waals surface area contributed by atoms with Gasteiger partial charge in [-0.15, -0.1) is 0 Å². The summed E-state index contributed by atoms with van der Waals surface area (Å²) in [4.78, 5) is 45.3. The van der Waals surface area contributed by atoms with Crippen LogP contribution in [0.2, 0.25) is 0 Å². The highest BCUT2D eigenvalue weighted by Gasteiger charge is 2.48. The van der Waals surface area contributed by atoms with E-state index in [1.165, 1.54) is 0 Å². The molecule has 12 heteroatoms. The van der Waals surface area contributed by atoms with Crippen LogP contribution in [0.1, 0.15) is 64.0 Å². The SMILES string of the molecule is CCO[C@H]1C[C@@H]2CN(C(=O)[C@@H](NC(=O)[C@H](C)NC)C3CCC(F)(F)CC3)[C@H](C(=O)N[C@@H]3CCOc4ccccc43)CN2C1. The number of carbonyl (C=O) groups is 3. The number of fused-ring (bicyclic) bond motifs is 2. The van der Waals surface area contributed by atoms with E-state index in [9.17, 15) is 23.2 Å². The Labute approximate surface area is 252 Å². The summed E-state index contributed by atoms with van der Waals surface area (Å²) in [7, 11) is 1.64. The maximum Gasteiger partial charge on any atom is 0.248 e. The van der Waals surface area contributed by atoms with Gasteiger partial charge in [-0.2, -0.15) is 0 Å². The highest BCUT2D eigenvalue weighted by molar-refractivity contribution is 5.93. The van der Waals surface area contributed by atoms with Crippen LogP contribution in [0, 0.1) is 5.92 Å². The number of nitrogens with zero attached hydrogens (tertiary/aromatic N) is 2. The summed E-state index contributed by atoms with van der Waals surface area (Å²) in [5.74, 6) is -3.56. The van der Waals surface area contributed by atoms with Crippen LogP contribution in [0.25, 0.3) is 0 Å². The van der Waals surface area contributed by atoms with E-state index in [2.05, 4.69) is 20.9 Å². The molecule has 0 unspecified atom stereocenters. The molecular weight excluding hydrogens is 560 g/mol. The first kappa shape index (κ1) is 31.6. The molecule has 0 bridgehead atoms.